The number of benzene rings is 3. The highest BCUT2D eigenvalue weighted by atomic mass is 16.6. The number of esters is 1. The first-order valence-corrected chi connectivity index (χ1v) is 12.5. The molecule has 2 heterocycles. The summed E-state index contributed by atoms with van der Waals surface area (Å²) in [6, 6.07) is 16.9. The number of nitro groups is 1. The van der Waals surface area contributed by atoms with Crippen molar-refractivity contribution < 1.29 is 28.8 Å². The molecule has 3 aliphatic rings. The first-order valence-electron chi connectivity index (χ1n) is 12.5. The van der Waals surface area contributed by atoms with E-state index in [-0.39, 0.29) is 11.4 Å². The van der Waals surface area contributed by atoms with Crippen LogP contribution in [-0.2, 0) is 14.4 Å². The molecule has 2 aliphatic heterocycles. The van der Waals surface area contributed by atoms with Crippen molar-refractivity contribution in [3.05, 3.63) is 99.1 Å². The van der Waals surface area contributed by atoms with Crippen LogP contribution in [0.1, 0.15) is 28.2 Å². The number of allylic oxidation sites excluding steroid dienone is 1. The highest BCUT2D eigenvalue weighted by Gasteiger charge is 2.60. The van der Waals surface area contributed by atoms with Crippen LogP contribution in [0.4, 0.5) is 11.4 Å². The number of nitro benzene ring substituents is 1. The molecular weight excluding hydrogens is 500 g/mol. The van der Waals surface area contributed by atoms with Gasteiger partial charge in [0.25, 0.3) is 5.69 Å². The Balaban J connectivity index is 1.55. The van der Waals surface area contributed by atoms with E-state index in [1.54, 1.807) is 32.2 Å². The lowest BCUT2D eigenvalue weighted by atomic mass is 9.64. The highest BCUT2D eigenvalue weighted by Crippen LogP contribution is 2.55. The summed E-state index contributed by atoms with van der Waals surface area (Å²) in [5, 5.41) is 11.5. The Hall–Kier alpha value is -4.79. The minimum atomic E-state index is -1.04. The van der Waals surface area contributed by atoms with E-state index < -0.39 is 46.4 Å². The van der Waals surface area contributed by atoms with Crippen LogP contribution in [0.25, 0.3) is 5.57 Å². The summed E-state index contributed by atoms with van der Waals surface area (Å²) in [5.41, 5.74) is 3.47. The number of rotatable bonds is 4. The lowest BCUT2D eigenvalue weighted by molar-refractivity contribution is -0.384. The van der Waals surface area contributed by atoms with Crippen LogP contribution in [0.5, 0.6) is 11.5 Å². The fourth-order valence-electron chi connectivity index (χ4n) is 6.01. The number of imide groups is 1. The SMILES string of the molecule is COc1ccc([C@@H]2C=C3c4ccc(C)cc4OC(=O)[C@@H]3[C@@H]3C(=O)N(c4cc([N+](=O)[O-])ccc4C)C(=O)[C@@H]32)cc1. The molecule has 2 amide bonds. The summed E-state index contributed by atoms with van der Waals surface area (Å²) in [6.07, 6.45) is 1.90. The van der Waals surface area contributed by atoms with Crippen molar-refractivity contribution in [2.45, 2.75) is 19.8 Å². The van der Waals surface area contributed by atoms with E-state index in [0.717, 1.165) is 16.0 Å². The van der Waals surface area contributed by atoms with Crippen LogP contribution in [0.15, 0.2) is 66.7 Å². The van der Waals surface area contributed by atoms with Gasteiger partial charge < -0.3 is 9.47 Å². The van der Waals surface area contributed by atoms with E-state index in [1.807, 2.05) is 37.3 Å². The number of non-ortho nitro benzene ring substituents is 1. The maximum atomic E-state index is 14.1. The molecule has 3 aromatic carbocycles. The molecule has 0 aromatic heterocycles. The topological polar surface area (TPSA) is 116 Å². The average Bonchev–Trinajstić information content (AvgIpc) is 3.18. The number of aryl methyl sites for hydroxylation is 2. The number of hydrogen-bond acceptors (Lipinski definition) is 7. The third-order valence-corrected chi connectivity index (χ3v) is 7.90. The van der Waals surface area contributed by atoms with Gasteiger partial charge in [0.1, 0.15) is 11.5 Å². The Morgan fingerprint density at radius 1 is 0.923 bits per heavy atom. The van der Waals surface area contributed by atoms with Crippen LogP contribution in [0.3, 0.4) is 0 Å². The lowest BCUT2D eigenvalue weighted by Gasteiger charge is -2.38. The number of carbonyl (C=O) groups excluding carboxylic acids is 3. The summed E-state index contributed by atoms with van der Waals surface area (Å²) in [6.45, 7) is 3.57. The minimum Gasteiger partial charge on any atom is -0.497 e. The fourth-order valence-corrected chi connectivity index (χ4v) is 6.01. The summed E-state index contributed by atoms with van der Waals surface area (Å²) in [5.74, 6) is -4.08. The summed E-state index contributed by atoms with van der Waals surface area (Å²) in [4.78, 5) is 53.6. The molecule has 9 heteroatoms. The monoisotopic (exact) mass is 524 g/mol. The van der Waals surface area contributed by atoms with Gasteiger partial charge in [-0.3, -0.25) is 24.5 Å². The van der Waals surface area contributed by atoms with Crippen molar-refractivity contribution >= 4 is 34.7 Å². The zero-order valence-electron chi connectivity index (χ0n) is 21.4. The van der Waals surface area contributed by atoms with Crippen LogP contribution in [-0.4, -0.2) is 29.8 Å². The van der Waals surface area contributed by atoms with Crippen molar-refractivity contribution in [2.24, 2.45) is 17.8 Å². The Morgan fingerprint density at radius 3 is 2.33 bits per heavy atom. The zero-order chi connectivity index (χ0) is 27.6. The standard InChI is InChI=1S/C30H24N2O7/c1-15-4-11-20-22-14-21(17-6-9-19(38-3)10-7-17)25-27(26(22)30(35)39-24(20)12-15)29(34)31(28(25)33)23-13-18(32(36)37)8-5-16(23)2/h4-14,21,25-27H,1-3H3/t21-,25+,26-,27+/m0/s1. The molecule has 39 heavy (non-hydrogen) atoms. The van der Waals surface area contributed by atoms with Gasteiger partial charge in [0, 0.05) is 23.6 Å². The third-order valence-electron chi connectivity index (χ3n) is 7.90. The van der Waals surface area contributed by atoms with Crippen molar-refractivity contribution in [2.75, 3.05) is 12.0 Å². The van der Waals surface area contributed by atoms with Crippen molar-refractivity contribution in [1.82, 2.24) is 0 Å². The van der Waals surface area contributed by atoms with Crippen LogP contribution in [0.2, 0.25) is 0 Å². The maximum Gasteiger partial charge on any atom is 0.319 e. The number of amides is 2. The number of hydrogen-bond donors (Lipinski definition) is 0. The molecule has 0 saturated carbocycles. The van der Waals surface area contributed by atoms with Crippen LogP contribution < -0.4 is 14.4 Å². The number of fused-ring (bicyclic) bond motifs is 5. The number of nitrogens with zero attached hydrogens (tertiary/aromatic N) is 2. The Morgan fingerprint density at radius 2 is 1.64 bits per heavy atom. The van der Waals surface area contributed by atoms with Crippen LogP contribution >= 0.6 is 0 Å². The summed E-state index contributed by atoms with van der Waals surface area (Å²) >= 11 is 0. The molecule has 6 rings (SSSR count). The van der Waals surface area contributed by atoms with Gasteiger partial charge in [-0.25, -0.2) is 4.90 Å². The molecule has 3 aromatic rings. The summed E-state index contributed by atoms with van der Waals surface area (Å²) in [7, 11) is 1.56. The second-order valence-electron chi connectivity index (χ2n) is 10.1. The van der Waals surface area contributed by atoms with Gasteiger partial charge in [0.15, 0.2) is 0 Å². The van der Waals surface area contributed by atoms with Gasteiger partial charge >= 0.3 is 5.97 Å². The van der Waals surface area contributed by atoms with Crippen LogP contribution in [0, 0.1) is 41.7 Å². The first kappa shape index (κ1) is 24.5. The quantitative estimate of drug-likeness (QED) is 0.159. The molecule has 4 atom stereocenters. The Kier molecular flexibility index (Phi) is 5.60. The smallest absolute Gasteiger partial charge is 0.319 e. The van der Waals surface area contributed by atoms with Gasteiger partial charge in [-0.2, -0.15) is 0 Å². The largest absolute Gasteiger partial charge is 0.497 e. The second kappa shape index (κ2) is 8.90. The van der Waals surface area contributed by atoms with Gasteiger partial charge in [-0.05, 0) is 54.3 Å². The van der Waals surface area contributed by atoms with Crippen molar-refractivity contribution in [1.29, 1.82) is 0 Å². The molecule has 0 unspecified atom stereocenters. The lowest BCUT2D eigenvalue weighted by Crippen LogP contribution is -2.42. The van der Waals surface area contributed by atoms with E-state index in [0.29, 0.717) is 28.2 Å². The maximum absolute atomic E-state index is 14.1. The molecule has 1 fully saturated rings. The van der Waals surface area contributed by atoms with Gasteiger partial charge in [0.2, 0.25) is 11.8 Å². The summed E-state index contributed by atoms with van der Waals surface area (Å²) < 4.78 is 11.0. The first-order chi connectivity index (χ1) is 18.7. The number of carbonyl (C=O) groups is 3. The number of ether oxygens (including phenoxy) is 2. The minimum absolute atomic E-state index is 0.142. The molecule has 0 bridgehead atoms. The number of methoxy groups -OCH3 is 1. The van der Waals surface area contributed by atoms with Crippen molar-refractivity contribution in [3.63, 3.8) is 0 Å². The predicted molar refractivity (Wildman–Crippen MR) is 141 cm³/mol. The second-order valence-corrected chi connectivity index (χ2v) is 10.1. The third kappa shape index (κ3) is 3.72. The fraction of sp³-hybridized carbons (Fsp3) is 0.233. The Bertz CT molecular complexity index is 1610. The van der Waals surface area contributed by atoms with E-state index >= 15 is 0 Å². The van der Waals surface area contributed by atoms with Gasteiger partial charge in [0.05, 0.1) is 35.5 Å². The Labute approximate surface area is 223 Å². The normalized spacial score (nSPS) is 23.4. The molecule has 0 radical (unpaired) electrons. The molecule has 1 saturated heterocycles. The highest BCUT2D eigenvalue weighted by molar-refractivity contribution is 6.25. The molecule has 0 spiro atoms. The number of anilines is 1. The molecule has 9 nitrogen and oxygen atoms in total. The zero-order valence-corrected chi connectivity index (χ0v) is 21.4. The molecule has 0 N–H and O–H groups in total. The molecule has 196 valence electrons. The average molecular weight is 525 g/mol. The van der Waals surface area contributed by atoms with Crippen molar-refractivity contribution in [3.8, 4) is 11.5 Å². The predicted octanol–water partition coefficient (Wildman–Crippen LogP) is 4.74. The molecular formula is C30H24N2O7. The van der Waals surface area contributed by atoms with Gasteiger partial charge in [-0.1, -0.05) is 36.4 Å². The van der Waals surface area contributed by atoms with Gasteiger partial charge in [-0.15, -0.1) is 0 Å². The van der Waals surface area contributed by atoms with E-state index in [9.17, 15) is 24.5 Å². The van der Waals surface area contributed by atoms with E-state index in [2.05, 4.69) is 0 Å². The van der Waals surface area contributed by atoms with E-state index in [1.165, 1.54) is 18.2 Å². The molecule has 1 aliphatic carbocycles. The van der Waals surface area contributed by atoms with E-state index in [4.69, 9.17) is 9.47 Å².